The molecule has 2 N–H and O–H groups in total. The Hall–Kier alpha value is -2.14. The van der Waals surface area contributed by atoms with Gasteiger partial charge in [-0.25, -0.2) is 0 Å². The third-order valence-electron chi connectivity index (χ3n) is 3.39. The van der Waals surface area contributed by atoms with Gasteiger partial charge in [-0.05, 0) is 35.1 Å². The smallest absolute Gasteiger partial charge is 0.191 e. The summed E-state index contributed by atoms with van der Waals surface area (Å²) < 4.78 is 0. The second-order valence-electron chi connectivity index (χ2n) is 4.99. The molecule has 0 aliphatic carbocycles. The number of rotatable bonds is 3. The Kier molecular flexibility index (Phi) is 5.30. The summed E-state index contributed by atoms with van der Waals surface area (Å²) in [5, 5.41) is 10.7. The quantitative estimate of drug-likeness (QED) is 0.363. The number of anilines is 1. The van der Waals surface area contributed by atoms with Crippen molar-refractivity contribution in [2.75, 3.05) is 5.32 Å². The van der Waals surface area contributed by atoms with Crippen LogP contribution in [-0.4, -0.2) is 11.3 Å². The molecule has 3 rings (SSSR count). The molecule has 3 aromatic rings. The lowest BCUT2D eigenvalue weighted by atomic mass is 10.1. The lowest BCUT2D eigenvalue weighted by Gasteiger charge is -2.10. The van der Waals surface area contributed by atoms with Crippen molar-refractivity contribution >= 4 is 63.2 Å². The summed E-state index contributed by atoms with van der Waals surface area (Å²) >= 11 is 17.4. The van der Waals surface area contributed by atoms with Crippen molar-refractivity contribution in [1.29, 1.82) is 0 Å². The molecular formula is C18H13Cl2N3S. The van der Waals surface area contributed by atoms with Crippen LogP contribution in [0, 0.1) is 0 Å². The molecule has 0 spiro atoms. The molecule has 0 radical (unpaired) electrons. The van der Waals surface area contributed by atoms with E-state index in [0.717, 1.165) is 16.3 Å². The molecule has 0 saturated carbocycles. The average Bonchev–Trinajstić information content (AvgIpc) is 2.58. The minimum absolute atomic E-state index is 0.307. The van der Waals surface area contributed by atoms with Crippen molar-refractivity contribution in [3.63, 3.8) is 0 Å². The first-order valence-electron chi connectivity index (χ1n) is 7.17. The van der Waals surface area contributed by atoms with E-state index < -0.39 is 0 Å². The first-order valence-corrected chi connectivity index (χ1v) is 8.33. The summed E-state index contributed by atoms with van der Waals surface area (Å²) in [5.74, 6) is 0. The van der Waals surface area contributed by atoms with Gasteiger partial charge in [-0.15, -0.1) is 0 Å². The predicted molar refractivity (Wildman–Crippen MR) is 107 cm³/mol. The van der Waals surface area contributed by atoms with Gasteiger partial charge in [-0.3, -0.25) is 5.43 Å². The summed E-state index contributed by atoms with van der Waals surface area (Å²) in [5.41, 5.74) is 4.32. The van der Waals surface area contributed by atoms with Gasteiger partial charge in [0.05, 0.1) is 21.9 Å². The number of fused-ring (bicyclic) bond motifs is 1. The number of hydrazone groups is 1. The minimum Gasteiger partial charge on any atom is -0.329 e. The molecule has 0 aliphatic rings. The number of nitrogens with zero attached hydrogens (tertiary/aromatic N) is 1. The second-order valence-corrected chi connectivity index (χ2v) is 6.21. The van der Waals surface area contributed by atoms with Crippen LogP contribution < -0.4 is 10.7 Å². The maximum Gasteiger partial charge on any atom is 0.191 e. The summed E-state index contributed by atoms with van der Waals surface area (Å²) in [7, 11) is 0. The summed E-state index contributed by atoms with van der Waals surface area (Å²) in [6.45, 7) is 0. The topological polar surface area (TPSA) is 36.4 Å². The van der Waals surface area contributed by atoms with Crippen molar-refractivity contribution in [3.05, 3.63) is 76.3 Å². The zero-order chi connectivity index (χ0) is 16.9. The number of halogens is 2. The highest BCUT2D eigenvalue weighted by molar-refractivity contribution is 7.80. The number of thiocarbonyl (C=S) groups is 1. The van der Waals surface area contributed by atoms with Crippen LogP contribution in [-0.2, 0) is 0 Å². The van der Waals surface area contributed by atoms with Gasteiger partial charge in [0.25, 0.3) is 0 Å². The van der Waals surface area contributed by atoms with E-state index in [1.54, 1.807) is 24.4 Å². The van der Waals surface area contributed by atoms with Gasteiger partial charge >= 0.3 is 0 Å². The van der Waals surface area contributed by atoms with Crippen LogP contribution in [0.15, 0.2) is 65.8 Å². The van der Waals surface area contributed by atoms with E-state index >= 15 is 0 Å². The Balaban J connectivity index is 1.71. The SMILES string of the molecule is S=C(N/N=C\c1cccc2ccccc12)Nc1c(Cl)cccc1Cl. The minimum atomic E-state index is 0.307. The standard InChI is InChI=1S/C18H13Cl2N3S/c19-15-9-4-10-16(20)17(15)22-18(24)23-21-11-13-7-3-6-12-5-1-2-8-14(12)13/h1-11H,(H2,22,23,24)/b21-11-. The second kappa shape index (κ2) is 7.62. The number of benzene rings is 3. The third-order valence-corrected chi connectivity index (χ3v) is 4.22. The summed E-state index contributed by atoms with van der Waals surface area (Å²) in [6.07, 6.45) is 1.73. The summed E-state index contributed by atoms with van der Waals surface area (Å²) in [6, 6.07) is 19.4. The van der Waals surface area contributed by atoms with E-state index in [1.807, 2.05) is 24.3 Å². The Morgan fingerprint density at radius 2 is 1.58 bits per heavy atom. The van der Waals surface area contributed by atoms with Gasteiger partial charge in [0.1, 0.15) is 0 Å². The van der Waals surface area contributed by atoms with Crippen LogP contribution in [0.4, 0.5) is 5.69 Å². The molecule has 0 atom stereocenters. The maximum atomic E-state index is 6.10. The fraction of sp³-hybridized carbons (Fsp3) is 0. The molecule has 3 nitrogen and oxygen atoms in total. The van der Waals surface area contributed by atoms with E-state index in [0.29, 0.717) is 20.8 Å². The van der Waals surface area contributed by atoms with Gasteiger partial charge in [-0.2, -0.15) is 5.10 Å². The molecule has 0 saturated heterocycles. The van der Waals surface area contributed by atoms with E-state index in [9.17, 15) is 0 Å². The largest absolute Gasteiger partial charge is 0.329 e. The third kappa shape index (κ3) is 3.85. The Morgan fingerprint density at radius 3 is 2.38 bits per heavy atom. The van der Waals surface area contributed by atoms with Crippen LogP contribution >= 0.6 is 35.4 Å². The zero-order valence-corrected chi connectivity index (χ0v) is 14.8. The van der Waals surface area contributed by atoms with Gasteiger partial charge in [0.2, 0.25) is 0 Å². The normalized spacial score (nSPS) is 10.9. The fourth-order valence-electron chi connectivity index (χ4n) is 2.28. The van der Waals surface area contributed by atoms with Crippen molar-refractivity contribution < 1.29 is 0 Å². The van der Waals surface area contributed by atoms with Crippen molar-refractivity contribution in [2.24, 2.45) is 5.10 Å². The molecule has 24 heavy (non-hydrogen) atoms. The number of nitrogens with one attached hydrogen (secondary N) is 2. The number of hydrogen-bond donors (Lipinski definition) is 2. The van der Waals surface area contributed by atoms with Crippen LogP contribution in [0.3, 0.4) is 0 Å². The first kappa shape index (κ1) is 16.7. The van der Waals surface area contributed by atoms with E-state index in [4.69, 9.17) is 35.4 Å². The van der Waals surface area contributed by atoms with Crippen molar-refractivity contribution in [1.82, 2.24) is 5.43 Å². The zero-order valence-electron chi connectivity index (χ0n) is 12.5. The highest BCUT2D eigenvalue weighted by Crippen LogP contribution is 2.29. The fourth-order valence-corrected chi connectivity index (χ4v) is 2.93. The number of hydrogen-bond acceptors (Lipinski definition) is 2. The highest BCUT2D eigenvalue weighted by atomic mass is 35.5. The Labute approximate surface area is 155 Å². The monoisotopic (exact) mass is 373 g/mol. The Morgan fingerprint density at radius 1 is 0.917 bits per heavy atom. The van der Waals surface area contributed by atoms with E-state index in [2.05, 4.69) is 34.0 Å². The average molecular weight is 374 g/mol. The first-order chi connectivity index (χ1) is 11.6. The Bertz CT molecular complexity index is 900. The molecule has 120 valence electrons. The molecule has 0 fully saturated rings. The molecule has 0 heterocycles. The highest BCUT2D eigenvalue weighted by Gasteiger charge is 2.06. The van der Waals surface area contributed by atoms with Crippen LogP contribution in [0.2, 0.25) is 10.0 Å². The molecule has 6 heteroatoms. The molecule has 0 amide bonds. The molecule has 0 unspecified atom stereocenters. The van der Waals surface area contributed by atoms with Gasteiger partial charge in [0.15, 0.2) is 5.11 Å². The van der Waals surface area contributed by atoms with Gasteiger partial charge < -0.3 is 5.32 Å². The van der Waals surface area contributed by atoms with E-state index in [1.165, 1.54) is 0 Å². The molecule has 0 aliphatic heterocycles. The van der Waals surface area contributed by atoms with Gasteiger partial charge in [0, 0.05) is 5.56 Å². The lowest BCUT2D eigenvalue weighted by Crippen LogP contribution is -2.24. The molecule has 0 bridgehead atoms. The molecule has 3 aromatic carbocycles. The molecular weight excluding hydrogens is 361 g/mol. The lowest BCUT2D eigenvalue weighted by molar-refractivity contribution is 1.05. The van der Waals surface area contributed by atoms with E-state index in [-0.39, 0.29) is 0 Å². The maximum absolute atomic E-state index is 6.10. The van der Waals surface area contributed by atoms with Crippen molar-refractivity contribution in [3.8, 4) is 0 Å². The van der Waals surface area contributed by atoms with Crippen LogP contribution in [0.5, 0.6) is 0 Å². The predicted octanol–water partition coefficient (Wildman–Crippen LogP) is 5.47. The number of para-hydroxylation sites is 1. The van der Waals surface area contributed by atoms with Crippen LogP contribution in [0.1, 0.15) is 5.56 Å². The molecule has 0 aromatic heterocycles. The summed E-state index contributed by atoms with van der Waals surface area (Å²) in [4.78, 5) is 0. The van der Waals surface area contributed by atoms with Crippen molar-refractivity contribution in [2.45, 2.75) is 0 Å². The van der Waals surface area contributed by atoms with Gasteiger partial charge in [-0.1, -0.05) is 71.7 Å². The van der Waals surface area contributed by atoms with Crippen LogP contribution in [0.25, 0.3) is 10.8 Å².